The zero-order valence-electron chi connectivity index (χ0n) is 12.8. The Bertz CT molecular complexity index is 434. The summed E-state index contributed by atoms with van der Waals surface area (Å²) < 4.78 is 0. The van der Waals surface area contributed by atoms with Gasteiger partial charge in [0.1, 0.15) is 0 Å². The molecule has 0 radical (unpaired) electrons. The fraction of sp³-hybridized carbons (Fsp3) is 0.562. The Balaban J connectivity index is 1.82. The van der Waals surface area contributed by atoms with E-state index in [1.54, 1.807) is 0 Å². The van der Waals surface area contributed by atoms with Crippen molar-refractivity contribution in [2.75, 3.05) is 58.8 Å². The molecule has 1 saturated heterocycles. The molecule has 1 aliphatic rings. The number of carbonyl (C=O) groups is 1. The largest absolute Gasteiger partial charge is 0.378 e. The van der Waals surface area contributed by atoms with E-state index >= 15 is 0 Å². The molecule has 4 nitrogen and oxygen atoms in total. The maximum atomic E-state index is 12.2. The van der Waals surface area contributed by atoms with Crippen molar-refractivity contribution in [3.63, 3.8) is 0 Å². The summed E-state index contributed by atoms with van der Waals surface area (Å²) in [4.78, 5) is 18.9. The van der Waals surface area contributed by atoms with Crippen LogP contribution in [-0.4, -0.2) is 69.4 Å². The highest BCUT2D eigenvalue weighted by Gasteiger charge is 2.15. The molecule has 110 valence electrons. The first-order valence-electron chi connectivity index (χ1n) is 7.28. The van der Waals surface area contributed by atoms with Crippen LogP contribution in [0.5, 0.6) is 0 Å². The number of benzene rings is 1. The number of carbonyl (C=O) groups excluding carboxylic acids is 1. The quantitative estimate of drug-likeness (QED) is 0.762. The Morgan fingerprint density at radius 3 is 2.25 bits per heavy atom. The van der Waals surface area contributed by atoms with Gasteiger partial charge in [-0.2, -0.15) is 0 Å². The van der Waals surface area contributed by atoms with E-state index in [0.29, 0.717) is 6.42 Å². The number of likely N-dealkylation sites (N-methyl/N-ethyl adjacent to an activating group) is 1. The van der Waals surface area contributed by atoms with Gasteiger partial charge in [0.2, 0.25) is 0 Å². The van der Waals surface area contributed by atoms with Crippen molar-refractivity contribution in [3.8, 4) is 0 Å². The highest BCUT2D eigenvalue weighted by atomic mass is 16.1. The minimum absolute atomic E-state index is 0.245. The standard InChI is InChI=1S/C16H25N3O/c1-17(2)15-6-4-14(5-7-15)16(20)8-9-19-12-10-18(3)11-13-19/h4-7H,8-13H2,1-3H3. The second kappa shape index (κ2) is 6.86. The molecule has 1 aromatic carbocycles. The van der Waals surface area contributed by atoms with Crippen molar-refractivity contribution >= 4 is 11.5 Å². The molecular formula is C16H25N3O. The Kier molecular flexibility index (Phi) is 5.15. The van der Waals surface area contributed by atoms with Crippen LogP contribution in [0.25, 0.3) is 0 Å². The topological polar surface area (TPSA) is 26.8 Å². The summed E-state index contributed by atoms with van der Waals surface area (Å²) in [5.41, 5.74) is 1.95. The zero-order valence-corrected chi connectivity index (χ0v) is 12.8. The lowest BCUT2D eigenvalue weighted by Gasteiger charge is -2.32. The number of nitrogens with zero attached hydrogens (tertiary/aromatic N) is 3. The van der Waals surface area contributed by atoms with E-state index in [9.17, 15) is 4.79 Å². The molecule has 0 saturated carbocycles. The van der Waals surface area contributed by atoms with Crippen molar-refractivity contribution < 1.29 is 4.79 Å². The summed E-state index contributed by atoms with van der Waals surface area (Å²) in [5.74, 6) is 0.245. The zero-order chi connectivity index (χ0) is 14.5. The second-order valence-electron chi connectivity index (χ2n) is 5.76. The maximum absolute atomic E-state index is 12.2. The molecule has 0 atom stereocenters. The summed E-state index contributed by atoms with van der Waals surface area (Å²) >= 11 is 0. The molecule has 0 unspecified atom stereocenters. The highest BCUT2D eigenvalue weighted by Crippen LogP contribution is 2.14. The molecule has 1 fully saturated rings. The van der Waals surface area contributed by atoms with Crippen LogP contribution >= 0.6 is 0 Å². The SMILES string of the molecule is CN1CCN(CCC(=O)c2ccc(N(C)C)cc2)CC1. The smallest absolute Gasteiger partial charge is 0.164 e. The van der Waals surface area contributed by atoms with Crippen LogP contribution in [0.4, 0.5) is 5.69 Å². The molecule has 0 amide bonds. The third kappa shape index (κ3) is 4.05. The van der Waals surface area contributed by atoms with E-state index < -0.39 is 0 Å². The van der Waals surface area contributed by atoms with Crippen LogP contribution < -0.4 is 4.90 Å². The van der Waals surface area contributed by atoms with E-state index in [1.165, 1.54) is 0 Å². The number of hydrogen-bond donors (Lipinski definition) is 0. The van der Waals surface area contributed by atoms with E-state index in [1.807, 2.05) is 43.3 Å². The van der Waals surface area contributed by atoms with Gasteiger partial charge in [-0.15, -0.1) is 0 Å². The van der Waals surface area contributed by atoms with Gasteiger partial charge < -0.3 is 14.7 Å². The first kappa shape index (κ1) is 15.0. The van der Waals surface area contributed by atoms with Crippen LogP contribution in [0.1, 0.15) is 16.8 Å². The summed E-state index contributed by atoms with van der Waals surface area (Å²) in [6, 6.07) is 7.87. The number of hydrogen-bond acceptors (Lipinski definition) is 4. The van der Waals surface area contributed by atoms with Gasteiger partial charge in [-0.3, -0.25) is 4.79 Å². The Hall–Kier alpha value is -1.39. The lowest BCUT2D eigenvalue weighted by Crippen LogP contribution is -2.45. The molecule has 0 aliphatic carbocycles. The van der Waals surface area contributed by atoms with Crippen LogP contribution in [0, 0.1) is 0 Å². The molecule has 0 aromatic heterocycles. The predicted octanol–water partition coefficient (Wildman–Crippen LogP) is 1.57. The minimum Gasteiger partial charge on any atom is -0.378 e. The second-order valence-corrected chi connectivity index (χ2v) is 5.76. The van der Waals surface area contributed by atoms with E-state index in [-0.39, 0.29) is 5.78 Å². The van der Waals surface area contributed by atoms with Gasteiger partial charge >= 0.3 is 0 Å². The van der Waals surface area contributed by atoms with Crippen molar-refractivity contribution in [2.24, 2.45) is 0 Å². The van der Waals surface area contributed by atoms with Gasteiger partial charge in [0.25, 0.3) is 0 Å². The monoisotopic (exact) mass is 275 g/mol. The summed E-state index contributed by atoms with van der Waals surface area (Å²) in [5, 5.41) is 0. The van der Waals surface area contributed by atoms with Crippen LogP contribution in [0.2, 0.25) is 0 Å². The molecule has 1 heterocycles. The first-order chi connectivity index (χ1) is 9.56. The molecule has 0 N–H and O–H groups in total. The third-order valence-corrected chi connectivity index (χ3v) is 3.96. The molecule has 0 spiro atoms. The van der Waals surface area contributed by atoms with Crippen molar-refractivity contribution in [2.45, 2.75) is 6.42 Å². The predicted molar refractivity (Wildman–Crippen MR) is 83.7 cm³/mol. The fourth-order valence-electron chi connectivity index (χ4n) is 2.42. The number of piperazine rings is 1. The lowest BCUT2D eigenvalue weighted by molar-refractivity contribution is 0.0942. The average Bonchev–Trinajstić information content (AvgIpc) is 2.46. The minimum atomic E-state index is 0.245. The van der Waals surface area contributed by atoms with Gasteiger partial charge in [-0.05, 0) is 31.3 Å². The number of anilines is 1. The molecule has 20 heavy (non-hydrogen) atoms. The average molecular weight is 275 g/mol. The van der Waals surface area contributed by atoms with Gasteiger partial charge in [-0.1, -0.05) is 0 Å². The molecule has 2 rings (SSSR count). The Morgan fingerprint density at radius 2 is 1.70 bits per heavy atom. The van der Waals surface area contributed by atoms with Gasteiger partial charge in [0.05, 0.1) is 0 Å². The Morgan fingerprint density at radius 1 is 1.10 bits per heavy atom. The number of ketones is 1. The molecule has 1 aliphatic heterocycles. The van der Waals surface area contributed by atoms with E-state index in [4.69, 9.17) is 0 Å². The summed E-state index contributed by atoms with van der Waals surface area (Å²) in [6.45, 7) is 5.23. The maximum Gasteiger partial charge on any atom is 0.164 e. The lowest BCUT2D eigenvalue weighted by atomic mass is 10.1. The van der Waals surface area contributed by atoms with Crippen LogP contribution in [0.15, 0.2) is 24.3 Å². The number of rotatable bonds is 5. The normalized spacial score (nSPS) is 17.1. The van der Waals surface area contributed by atoms with Crippen molar-refractivity contribution in [1.29, 1.82) is 0 Å². The van der Waals surface area contributed by atoms with E-state index in [0.717, 1.165) is 44.0 Å². The van der Waals surface area contributed by atoms with Crippen molar-refractivity contribution in [1.82, 2.24) is 9.80 Å². The van der Waals surface area contributed by atoms with E-state index in [2.05, 4.69) is 16.8 Å². The molecule has 1 aromatic rings. The van der Waals surface area contributed by atoms with Gasteiger partial charge in [0.15, 0.2) is 5.78 Å². The molecular weight excluding hydrogens is 250 g/mol. The van der Waals surface area contributed by atoms with Crippen LogP contribution in [0.3, 0.4) is 0 Å². The van der Waals surface area contributed by atoms with Gasteiger partial charge in [-0.25, -0.2) is 0 Å². The third-order valence-electron chi connectivity index (χ3n) is 3.96. The van der Waals surface area contributed by atoms with Gasteiger partial charge in [0, 0.05) is 64.5 Å². The highest BCUT2D eigenvalue weighted by molar-refractivity contribution is 5.96. The Labute approximate surface area is 122 Å². The van der Waals surface area contributed by atoms with Crippen molar-refractivity contribution in [3.05, 3.63) is 29.8 Å². The first-order valence-corrected chi connectivity index (χ1v) is 7.28. The summed E-state index contributed by atoms with van der Waals surface area (Å²) in [6.07, 6.45) is 0.616. The summed E-state index contributed by atoms with van der Waals surface area (Å²) in [7, 11) is 6.16. The molecule has 4 heteroatoms. The fourth-order valence-corrected chi connectivity index (χ4v) is 2.42. The van der Waals surface area contributed by atoms with Crippen LogP contribution in [-0.2, 0) is 0 Å². The molecule has 0 bridgehead atoms. The number of Topliss-reactive ketones (excluding diaryl/α,β-unsaturated/α-hetero) is 1.